The van der Waals surface area contributed by atoms with Gasteiger partial charge in [-0.1, -0.05) is 6.92 Å². The van der Waals surface area contributed by atoms with Crippen LogP contribution in [0, 0.1) is 0 Å². The molecule has 1 aromatic rings. The summed E-state index contributed by atoms with van der Waals surface area (Å²) in [6.07, 6.45) is 5.77. The molecule has 0 radical (unpaired) electrons. The molecule has 17 heavy (non-hydrogen) atoms. The van der Waals surface area contributed by atoms with E-state index in [-0.39, 0.29) is 18.6 Å². The van der Waals surface area contributed by atoms with Gasteiger partial charge in [-0.25, -0.2) is 0 Å². The van der Waals surface area contributed by atoms with E-state index in [4.69, 9.17) is 5.11 Å². The maximum absolute atomic E-state index is 12.1. The van der Waals surface area contributed by atoms with Crippen LogP contribution in [0.5, 0.6) is 0 Å². The SMILES string of the molecule is CCC(CCO)NC(=O)c1cccn1C1CC1. The highest BCUT2D eigenvalue weighted by atomic mass is 16.3. The molecule has 4 heteroatoms. The lowest BCUT2D eigenvalue weighted by molar-refractivity contribution is 0.0919. The number of aromatic nitrogens is 1. The minimum atomic E-state index is -0.0257. The fourth-order valence-electron chi connectivity index (χ4n) is 2.05. The second-order valence-corrected chi connectivity index (χ2v) is 4.62. The van der Waals surface area contributed by atoms with Crippen LogP contribution in [0.25, 0.3) is 0 Å². The van der Waals surface area contributed by atoms with Crippen molar-refractivity contribution in [2.75, 3.05) is 6.61 Å². The predicted octanol–water partition coefficient (Wildman–Crippen LogP) is 1.71. The highest BCUT2D eigenvalue weighted by Gasteiger charge is 2.27. The van der Waals surface area contributed by atoms with Gasteiger partial charge in [-0.05, 0) is 37.8 Å². The van der Waals surface area contributed by atoms with Gasteiger partial charge in [-0.15, -0.1) is 0 Å². The largest absolute Gasteiger partial charge is 0.396 e. The van der Waals surface area contributed by atoms with Crippen LogP contribution in [-0.4, -0.2) is 28.2 Å². The first-order valence-corrected chi connectivity index (χ1v) is 6.34. The van der Waals surface area contributed by atoms with Crippen LogP contribution in [0.1, 0.15) is 49.1 Å². The Hall–Kier alpha value is -1.29. The molecule has 1 amide bonds. The van der Waals surface area contributed by atoms with Crippen molar-refractivity contribution in [3.63, 3.8) is 0 Å². The van der Waals surface area contributed by atoms with Gasteiger partial charge in [0.05, 0.1) is 0 Å². The molecule has 1 aliphatic carbocycles. The van der Waals surface area contributed by atoms with Crippen molar-refractivity contribution in [1.29, 1.82) is 0 Å². The predicted molar refractivity (Wildman–Crippen MR) is 66.0 cm³/mol. The molecular weight excluding hydrogens is 216 g/mol. The summed E-state index contributed by atoms with van der Waals surface area (Å²) in [5.74, 6) is -0.0257. The van der Waals surface area contributed by atoms with Crippen LogP contribution in [-0.2, 0) is 0 Å². The van der Waals surface area contributed by atoms with Crippen molar-refractivity contribution in [3.8, 4) is 0 Å². The standard InChI is InChI=1S/C13H20N2O2/c1-2-10(7-9-16)14-13(17)12-4-3-8-15(12)11-5-6-11/h3-4,8,10-11,16H,2,5-7,9H2,1H3,(H,14,17). The zero-order chi connectivity index (χ0) is 12.3. The Kier molecular flexibility index (Phi) is 3.84. The molecule has 0 saturated heterocycles. The normalized spacial score (nSPS) is 16.8. The van der Waals surface area contributed by atoms with Crippen LogP contribution >= 0.6 is 0 Å². The number of carbonyl (C=O) groups excluding carboxylic acids is 1. The summed E-state index contributed by atoms with van der Waals surface area (Å²) in [4.78, 5) is 12.1. The van der Waals surface area contributed by atoms with Gasteiger partial charge in [0.1, 0.15) is 5.69 Å². The van der Waals surface area contributed by atoms with E-state index >= 15 is 0 Å². The van der Waals surface area contributed by atoms with Gasteiger partial charge < -0.3 is 15.0 Å². The number of aliphatic hydroxyl groups excluding tert-OH is 1. The molecule has 1 heterocycles. The van der Waals surface area contributed by atoms with Gasteiger partial charge in [-0.3, -0.25) is 4.79 Å². The molecule has 2 N–H and O–H groups in total. The van der Waals surface area contributed by atoms with Crippen LogP contribution in [0.15, 0.2) is 18.3 Å². The van der Waals surface area contributed by atoms with E-state index in [0.29, 0.717) is 12.5 Å². The first-order chi connectivity index (χ1) is 8.26. The van der Waals surface area contributed by atoms with Gasteiger partial charge in [0.15, 0.2) is 0 Å². The molecule has 1 fully saturated rings. The number of hydrogen-bond acceptors (Lipinski definition) is 2. The maximum atomic E-state index is 12.1. The van der Waals surface area contributed by atoms with Crippen molar-refractivity contribution in [3.05, 3.63) is 24.0 Å². The molecule has 2 rings (SSSR count). The second kappa shape index (κ2) is 5.36. The molecule has 0 spiro atoms. The fourth-order valence-corrected chi connectivity index (χ4v) is 2.05. The number of rotatable bonds is 6. The lowest BCUT2D eigenvalue weighted by Gasteiger charge is -2.16. The second-order valence-electron chi connectivity index (χ2n) is 4.62. The van der Waals surface area contributed by atoms with Crippen molar-refractivity contribution in [2.45, 2.75) is 44.7 Å². The summed E-state index contributed by atoms with van der Waals surface area (Å²) in [5, 5.41) is 11.9. The Morgan fingerprint density at radius 1 is 1.65 bits per heavy atom. The van der Waals surface area contributed by atoms with E-state index in [2.05, 4.69) is 9.88 Å². The monoisotopic (exact) mass is 236 g/mol. The molecule has 1 saturated carbocycles. The first kappa shape index (κ1) is 12.2. The Balaban J connectivity index is 2.00. The van der Waals surface area contributed by atoms with Crippen LogP contribution in [0.4, 0.5) is 0 Å². The Morgan fingerprint density at radius 3 is 3.00 bits per heavy atom. The maximum Gasteiger partial charge on any atom is 0.268 e. The van der Waals surface area contributed by atoms with Crippen LogP contribution in [0.2, 0.25) is 0 Å². The molecule has 94 valence electrons. The van der Waals surface area contributed by atoms with Crippen LogP contribution < -0.4 is 5.32 Å². The van der Waals surface area contributed by atoms with E-state index in [9.17, 15) is 4.79 Å². The van der Waals surface area contributed by atoms with Crippen LogP contribution in [0.3, 0.4) is 0 Å². The molecule has 1 aromatic heterocycles. The molecule has 0 aliphatic heterocycles. The van der Waals surface area contributed by atoms with Crippen molar-refractivity contribution >= 4 is 5.91 Å². The number of carbonyl (C=O) groups is 1. The summed E-state index contributed by atoms with van der Waals surface area (Å²) < 4.78 is 2.06. The summed E-state index contributed by atoms with van der Waals surface area (Å²) in [6.45, 7) is 2.13. The molecule has 0 bridgehead atoms. The zero-order valence-electron chi connectivity index (χ0n) is 10.2. The number of nitrogens with one attached hydrogen (secondary N) is 1. The average molecular weight is 236 g/mol. The molecule has 1 atom stereocenters. The van der Waals surface area contributed by atoms with E-state index in [1.165, 1.54) is 12.8 Å². The lowest BCUT2D eigenvalue weighted by atomic mass is 10.1. The third kappa shape index (κ3) is 2.88. The first-order valence-electron chi connectivity index (χ1n) is 6.34. The zero-order valence-corrected chi connectivity index (χ0v) is 10.2. The minimum Gasteiger partial charge on any atom is -0.396 e. The number of hydrogen-bond donors (Lipinski definition) is 2. The minimum absolute atomic E-state index is 0.0257. The molecule has 1 unspecified atom stereocenters. The fraction of sp³-hybridized carbons (Fsp3) is 0.615. The van der Waals surface area contributed by atoms with E-state index in [1.807, 2.05) is 25.3 Å². The lowest BCUT2D eigenvalue weighted by Crippen LogP contribution is -2.36. The number of nitrogens with zero attached hydrogens (tertiary/aromatic N) is 1. The third-order valence-electron chi connectivity index (χ3n) is 3.26. The Morgan fingerprint density at radius 2 is 2.41 bits per heavy atom. The average Bonchev–Trinajstić information content (AvgIpc) is 3.06. The van der Waals surface area contributed by atoms with Gasteiger partial charge >= 0.3 is 0 Å². The van der Waals surface area contributed by atoms with Gasteiger partial charge in [0.2, 0.25) is 0 Å². The molecule has 0 aromatic carbocycles. The van der Waals surface area contributed by atoms with E-state index in [0.717, 1.165) is 12.1 Å². The molecular formula is C13H20N2O2. The van der Waals surface area contributed by atoms with E-state index in [1.54, 1.807) is 0 Å². The summed E-state index contributed by atoms with van der Waals surface area (Å²) in [7, 11) is 0. The number of amides is 1. The summed E-state index contributed by atoms with van der Waals surface area (Å²) >= 11 is 0. The summed E-state index contributed by atoms with van der Waals surface area (Å²) in [5.41, 5.74) is 0.740. The Bertz CT molecular complexity index is 383. The highest BCUT2D eigenvalue weighted by Crippen LogP contribution is 2.35. The van der Waals surface area contributed by atoms with Gasteiger partial charge in [0.25, 0.3) is 5.91 Å². The number of aliphatic hydroxyl groups is 1. The smallest absolute Gasteiger partial charge is 0.268 e. The van der Waals surface area contributed by atoms with Gasteiger partial charge in [-0.2, -0.15) is 0 Å². The molecule has 1 aliphatic rings. The Labute approximate surface area is 102 Å². The third-order valence-corrected chi connectivity index (χ3v) is 3.26. The van der Waals surface area contributed by atoms with Crippen molar-refractivity contribution < 1.29 is 9.90 Å². The summed E-state index contributed by atoms with van der Waals surface area (Å²) in [6, 6.07) is 4.36. The van der Waals surface area contributed by atoms with Crippen molar-refractivity contribution in [2.24, 2.45) is 0 Å². The highest BCUT2D eigenvalue weighted by molar-refractivity contribution is 5.93. The topological polar surface area (TPSA) is 54.3 Å². The van der Waals surface area contributed by atoms with Gasteiger partial charge in [0, 0.05) is 24.9 Å². The van der Waals surface area contributed by atoms with Crippen molar-refractivity contribution in [1.82, 2.24) is 9.88 Å². The quantitative estimate of drug-likeness (QED) is 0.790. The molecule has 4 nitrogen and oxygen atoms in total. The van der Waals surface area contributed by atoms with E-state index < -0.39 is 0 Å².